The number of benzene rings is 4. The maximum absolute atomic E-state index is 14.1. The Labute approximate surface area is 445 Å². The first-order valence-electron chi connectivity index (χ1n) is 26.7. The van der Waals surface area contributed by atoms with Crippen LogP contribution in [0.1, 0.15) is 182 Å². The zero-order valence-corrected chi connectivity index (χ0v) is 49.3. The van der Waals surface area contributed by atoms with Crippen molar-refractivity contribution in [3.05, 3.63) is 111 Å². The van der Waals surface area contributed by atoms with Crippen molar-refractivity contribution in [2.45, 2.75) is 182 Å². The van der Waals surface area contributed by atoms with Gasteiger partial charge in [-0.15, -0.1) is 0 Å². The van der Waals surface area contributed by atoms with E-state index in [9.17, 15) is 16.8 Å². The summed E-state index contributed by atoms with van der Waals surface area (Å²) in [5.41, 5.74) is 0. The topological polar surface area (TPSA) is 124 Å². The summed E-state index contributed by atoms with van der Waals surface area (Å²) in [6, 6.07) is 29.3. The predicted octanol–water partition coefficient (Wildman–Crippen LogP) is 16.9. The molecule has 0 aliphatic heterocycles. The van der Waals surface area contributed by atoms with Gasteiger partial charge in [-0.1, -0.05) is 27.7 Å². The molecule has 14 heteroatoms. The van der Waals surface area contributed by atoms with E-state index < -0.39 is 65.8 Å². The standard InChI is InChI=1S/C57H86I2O10S2/c1-5-9-13-17-21-25-45-64-54-37-29-50(30-38-54)58(51-31-39-55(40-32-51)65-46-26-22-18-14-10-6-2)68-70(60,61)49-71(62,63)69-59(52-33-41-56(42-34-52)66-47-27-23-19-15-11-7-3)53-35-43-57(44-36-53)67-48-28-24-20-16-12-8-4/h29-44H,5-28,45-49H2,1-4H3. The van der Waals surface area contributed by atoms with Crippen molar-refractivity contribution in [2.75, 3.05) is 31.5 Å². The molecular weight excluding hydrogens is 1160 g/mol. The van der Waals surface area contributed by atoms with Gasteiger partial charge < -0.3 is 0 Å². The third-order valence-corrected chi connectivity index (χ3v) is 27.5. The van der Waals surface area contributed by atoms with Gasteiger partial charge in [0.05, 0.1) is 0 Å². The van der Waals surface area contributed by atoms with Gasteiger partial charge in [-0.2, -0.15) is 0 Å². The summed E-state index contributed by atoms with van der Waals surface area (Å²) >= 11 is -6.58. The van der Waals surface area contributed by atoms with Gasteiger partial charge in [-0.3, -0.25) is 0 Å². The Morgan fingerprint density at radius 2 is 0.493 bits per heavy atom. The molecule has 0 atom stereocenters. The second-order valence-electron chi connectivity index (χ2n) is 18.1. The quantitative estimate of drug-likeness (QED) is 0.0313. The molecule has 4 aromatic carbocycles. The molecule has 71 heavy (non-hydrogen) atoms. The van der Waals surface area contributed by atoms with E-state index in [1.807, 2.05) is 97.1 Å². The summed E-state index contributed by atoms with van der Waals surface area (Å²) < 4.78 is 95.4. The van der Waals surface area contributed by atoms with Crippen LogP contribution >= 0.6 is 40.5 Å². The van der Waals surface area contributed by atoms with Crippen LogP contribution < -0.4 is 18.9 Å². The van der Waals surface area contributed by atoms with E-state index in [2.05, 4.69) is 27.7 Å². The summed E-state index contributed by atoms with van der Waals surface area (Å²) in [5, 5.41) is -1.33. The van der Waals surface area contributed by atoms with Crippen LogP contribution in [-0.4, -0.2) is 48.3 Å². The summed E-state index contributed by atoms with van der Waals surface area (Å²) in [4.78, 5) is 0. The molecule has 0 fully saturated rings. The molecule has 0 spiro atoms. The van der Waals surface area contributed by atoms with Crippen molar-refractivity contribution in [3.8, 4) is 23.0 Å². The Morgan fingerprint density at radius 3 is 0.704 bits per heavy atom. The molecule has 0 aliphatic carbocycles. The first-order valence-corrected chi connectivity index (χ1v) is 36.0. The summed E-state index contributed by atoms with van der Waals surface area (Å²) in [6.45, 7) is 11.2. The van der Waals surface area contributed by atoms with Crippen molar-refractivity contribution in [1.82, 2.24) is 0 Å². The van der Waals surface area contributed by atoms with Gasteiger partial charge in [0.2, 0.25) is 0 Å². The number of hydrogen-bond donors (Lipinski definition) is 0. The summed E-state index contributed by atoms with van der Waals surface area (Å²) in [5.74, 6) is 2.73. The molecule has 0 aliphatic rings. The molecule has 400 valence electrons. The van der Waals surface area contributed by atoms with Gasteiger partial charge in [-0.25, -0.2) is 0 Å². The summed E-state index contributed by atoms with van der Waals surface area (Å²) in [6.07, 6.45) is 27.7. The van der Waals surface area contributed by atoms with Gasteiger partial charge in [0.25, 0.3) is 0 Å². The van der Waals surface area contributed by atoms with E-state index in [1.54, 1.807) is 0 Å². The molecular formula is C57H86I2O10S2. The molecule has 0 amide bonds. The third kappa shape index (κ3) is 25.9. The minimum absolute atomic E-state index is 0.593. The Hall–Kier alpha value is -2.64. The fourth-order valence-corrected chi connectivity index (χ4v) is 23.2. The van der Waals surface area contributed by atoms with Crippen molar-refractivity contribution in [3.63, 3.8) is 0 Å². The van der Waals surface area contributed by atoms with Gasteiger partial charge in [0.15, 0.2) is 0 Å². The number of unbranched alkanes of at least 4 members (excludes halogenated alkanes) is 20. The Bertz CT molecular complexity index is 1910. The predicted molar refractivity (Wildman–Crippen MR) is 309 cm³/mol. The first-order chi connectivity index (χ1) is 34.6. The normalized spacial score (nSPS) is 12.2. The zero-order valence-electron chi connectivity index (χ0n) is 43.4. The van der Waals surface area contributed by atoms with Gasteiger partial charge in [-0.05, 0) is 0 Å². The van der Waals surface area contributed by atoms with Crippen LogP contribution in [0.3, 0.4) is 0 Å². The number of ether oxygens (including phenoxy) is 4. The monoisotopic (exact) mass is 1250 g/mol. The van der Waals surface area contributed by atoms with Gasteiger partial charge in [0.1, 0.15) is 0 Å². The molecule has 4 rings (SSSR count). The number of hydrogen-bond acceptors (Lipinski definition) is 10. The van der Waals surface area contributed by atoms with E-state index in [0.29, 0.717) is 63.7 Å². The van der Waals surface area contributed by atoms with Crippen LogP contribution in [0, 0.1) is 14.3 Å². The van der Waals surface area contributed by atoms with E-state index in [1.165, 1.54) is 103 Å². The van der Waals surface area contributed by atoms with E-state index in [0.717, 1.165) is 51.4 Å². The average molecular weight is 1250 g/mol. The fourth-order valence-electron chi connectivity index (χ4n) is 7.67. The molecule has 0 saturated heterocycles. The average Bonchev–Trinajstić information content (AvgIpc) is 3.37. The van der Waals surface area contributed by atoms with E-state index in [4.69, 9.17) is 24.0 Å². The first kappa shape index (κ1) is 60.9. The van der Waals surface area contributed by atoms with Crippen LogP contribution in [0.5, 0.6) is 23.0 Å². The van der Waals surface area contributed by atoms with Gasteiger partial charge >= 0.3 is 421 Å². The maximum atomic E-state index is 14.1. The third-order valence-electron chi connectivity index (χ3n) is 11.7. The Morgan fingerprint density at radius 1 is 0.296 bits per heavy atom. The molecule has 0 bridgehead atoms. The van der Waals surface area contributed by atoms with Crippen molar-refractivity contribution in [2.24, 2.45) is 0 Å². The second kappa shape index (κ2) is 36.3. The molecule has 4 aromatic rings. The molecule has 0 unspecified atom stereocenters. The molecule has 0 heterocycles. The van der Waals surface area contributed by atoms with Crippen LogP contribution in [-0.2, 0) is 25.3 Å². The minimum atomic E-state index is -4.69. The Kier molecular flexibility index (Phi) is 31.2. The fraction of sp³-hybridized carbons (Fsp3) is 0.579. The molecule has 0 N–H and O–H groups in total. The van der Waals surface area contributed by atoms with E-state index >= 15 is 0 Å². The van der Waals surface area contributed by atoms with Crippen LogP contribution in [0.15, 0.2) is 97.1 Å². The molecule has 10 nitrogen and oxygen atoms in total. The number of rotatable bonds is 42. The van der Waals surface area contributed by atoms with Crippen LogP contribution in [0.2, 0.25) is 0 Å². The van der Waals surface area contributed by atoms with Crippen LogP contribution in [0.4, 0.5) is 0 Å². The van der Waals surface area contributed by atoms with Crippen molar-refractivity contribution < 1.29 is 40.8 Å². The Balaban J connectivity index is 1.51. The molecule has 0 radical (unpaired) electrons. The molecule has 0 aromatic heterocycles. The van der Waals surface area contributed by atoms with Crippen LogP contribution in [0.25, 0.3) is 0 Å². The molecule has 0 saturated carbocycles. The van der Waals surface area contributed by atoms with Gasteiger partial charge in [0, 0.05) is 0 Å². The SMILES string of the molecule is CCCCCCCCOc1ccc(I(OS(=O)(=O)CS(=O)(=O)OI(c2ccc(OCCCCCCCC)cc2)c2ccc(OCCCCCCCC)cc2)c2ccc(OCCCCCCCC)cc2)cc1. The number of halogens is 2. The zero-order chi connectivity index (χ0) is 50.8. The second-order valence-corrected chi connectivity index (χ2v) is 31.5. The van der Waals surface area contributed by atoms with E-state index in [-0.39, 0.29) is 0 Å². The van der Waals surface area contributed by atoms with Crippen molar-refractivity contribution >= 4 is 60.7 Å². The summed E-state index contributed by atoms with van der Waals surface area (Å²) in [7, 11) is -9.39. The van der Waals surface area contributed by atoms with Crippen molar-refractivity contribution in [1.29, 1.82) is 0 Å².